The number of carbonyl (C=O) groups is 3. The lowest BCUT2D eigenvalue weighted by molar-refractivity contribution is -0.159. The van der Waals surface area contributed by atoms with Crippen LogP contribution in [0.3, 0.4) is 0 Å². The maximum Gasteiger partial charge on any atom is 0.414 e. The first-order valence-corrected chi connectivity index (χ1v) is 6.78. The van der Waals surface area contributed by atoms with Gasteiger partial charge in [0.1, 0.15) is 5.60 Å². The van der Waals surface area contributed by atoms with Gasteiger partial charge in [-0.3, -0.25) is 0 Å². The van der Waals surface area contributed by atoms with E-state index in [0.29, 0.717) is 12.0 Å². The van der Waals surface area contributed by atoms with Gasteiger partial charge in [0.15, 0.2) is 0 Å². The van der Waals surface area contributed by atoms with Crippen LogP contribution in [0.25, 0.3) is 0 Å². The molecule has 2 saturated heterocycles. The minimum Gasteiger partial charge on any atom is -0.473 e. The molecule has 2 unspecified atom stereocenters. The fourth-order valence-corrected chi connectivity index (χ4v) is 2.40. The van der Waals surface area contributed by atoms with Crippen LogP contribution in [0, 0.1) is 5.92 Å². The number of amides is 1. The first-order chi connectivity index (χ1) is 9.61. The maximum absolute atomic E-state index is 11.9. The van der Waals surface area contributed by atoms with Crippen LogP contribution in [0.2, 0.25) is 0 Å². The Bertz CT molecular complexity index is 405. The van der Waals surface area contributed by atoms with Gasteiger partial charge in [-0.1, -0.05) is 0 Å². The van der Waals surface area contributed by atoms with Crippen molar-refractivity contribution in [2.24, 2.45) is 5.92 Å². The van der Waals surface area contributed by atoms with Crippen LogP contribution in [0.1, 0.15) is 27.2 Å². The molecule has 2 rings (SSSR count). The van der Waals surface area contributed by atoms with E-state index >= 15 is 0 Å². The van der Waals surface area contributed by atoms with Crippen molar-refractivity contribution in [1.29, 1.82) is 0 Å². The molecule has 0 aromatic carbocycles. The molecule has 2 aliphatic rings. The van der Waals surface area contributed by atoms with Gasteiger partial charge in [-0.25, -0.2) is 14.4 Å². The molecule has 2 fully saturated rings. The number of carboxylic acid groups (broad SMARTS) is 2. The van der Waals surface area contributed by atoms with E-state index in [2.05, 4.69) is 5.32 Å². The fraction of sp³-hybridized carbons (Fsp3) is 0.769. The van der Waals surface area contributed by atoms with Gasteiger partial charge in [-0.05, 0) is 33.1 Å². The molecular formula is C13H22N2O6. The summed E-state index contributed by atoms with van der Waals surface area (Å²) in [4.78, 5) is 32.0. The summed E-state index contributed by atoms with van der Waals surface area (Å²) >= 11 is 0. The number of hydrogen-bond acceptors (Lipinski definition) is 5. The summed E-state index contributed by atoms with van der Waals surface area (Å²) in [6.45, 7) is 8.54. The molecule has 0 spiro atoms. The van der Waals surface area contributed by atoms with Gasteiger partial charge in [0.05, 0.1) is 6.04 Å². The number of ether oxygens (including phenoxy) is 1. The number of nitrogens with one attached hydrogen (secondary N) is 1. The summed E-state index contributed by atoms with van der Waals surface area (Å²) < 4.78 is 5.39. The van der Waals surface area contributed by atoms with Crippen molar-refractivity contribution < 1.29 is 29.3 Å². The van der Waals surface area contributed by atoms with Crippen molar-refractivity contribution >= 4 is 18.0 Å². The first-order valence-electron chi connectivity index (χ1n) is 6.78. The standard InChI is InChI=1S/C11H20N2O2.C2H2O4/c1-11(2,3)15-10(14)13-5-4-8-6-12-7-9(8)13;3-1(4)2(5)6/h8-9,12H,4-7H2,1-3H3;(H,3,4)(H,5,6). The summed E-state index contributed by atoms with van der Waals surface area (Å²) in [5.41, 5.74) is -0.388. The minimum atomic E-state index is -1.82. The van der Waals surface area contributed by atoms with Crippen molar-refractivity contribution in [3.8, 4) is 0 Å². The monoisotopic (exact) mass is 302 g/mol. The van der Waals surface area contributed by atoms with Crippen molar-refractivity contribution in [1.82, 2.24) is 10.2 Å². The van der Waals surface area contributed by atoms with Crippen LogP contribution in [0.4, 0.5) is 4.79 Å². The zero-order valence-corrected chi connectivity index (χ0v) is 12.5. The lowest BCUT2D eigenvalue weighted by atomic mass is 10.1. The van der Waals surface area contributed by atoms with Gasteiger partial charge >= 0.3 is 18.0 Å². The molecular weight excluding hydrogens is 280 g/mol. The van der Waals surface area contributed by atoms with E-state index in [1.165, 1.54) is 0 Å². The molecule has 0 aromatic heterocycles. The van der Waals surface area contributed by atoms with Gasteiger partial charge in [-0.2, -0.15) is 0 Å². The van der Waals surface area contributed by atoms with Crippen LogP contribution in [0.5, 0.6) is 0 Å². The molecule has 0 aliphatic carbocycles. The second-order valence-corrected chi connectivity index (χ2v) is 6.06. The largest absolute Gasteiger partial charge is 0.473 e. The number of carboxylic acids is 2. The van der Waals surface area contributed by atoms with Crippen LogP contribution < -0.4 is 5.32 Å². The van der Waals surface area contributed by atoms with E-state index < -0.39 is 11.9 Å². The number of hydrogen-bond donors (Lipinski definition) is 3. The summed E-state index contributed by atoms with van der Waals surface area (Å²) in [6.07, 6.45) is 0.954. The highest BCUT2D eigenvalue weighted by molar-refractivity contribution is 6.27. The smallest absolute Gasteiger partial charge is 0.414 e. The average molecular weight is 302 g/mol. The van der Waals surface area contributed by atoms with Crippen LogP contribution in [-0.4, -0.2) is 64.4 Å². The van der Waals surface area contributed by atoms with Crippen molar-refractivity contribution in [3.05, 3.63) is 0 Å². The van der Waals surface area contributed by atoms with Gasteiger partial charge in [-0.15, -0.1) is 0 Å². The highest BCUT2D eigenvalue weighted by atomic mass is 16.6. The normalized spacial score (nSPS) is 23.9. The van der Waals surface area contributed by atoms with Gasteiger partial charge in [0, 0.05) is 19.6 Å². The highest BCUT2D eigenvalue weighted by Crippen LogP contribution is 2.28. The molecule has 120 valence electrons. The van der Waals surface area contributed by atoms with Gasteiger partial charge in [0.2, 0.25) is 0 Å². The Balaban J connectivity index is 0.000000315. The second kappa shape index (κ2) is 6.75. The van der Waals surface area contributed by atoms with Crippen LogP contribution >= 0.6 is 0 Å². The molecule has 0 aromatic rings. The Morgan fingerprint density at radius 2 is 1.71 bits per heavy atom. The number of nitrogens with zero attached hydrogens (tertiary/aromatic N) is 1. The van der Waals surface area contributed by atoms with Crippen LogP contribution in [-0.2, 0) is 14.3 Å². The van der Waals surface area contributed by atoms with Crippen LogP contribution in [0.15, 0.2) is 0 Å². The van der Waals surface area contributed by atoms with E-state index in [-0.39, 0.29) is 11.7 Å². The second-order valence-electron chi connectivity index (χ2n) is 6.06. The molecule has 2 atom stereocenters. The fourth-order valence-electron chi connectivity index (χ4n) is 2.40. The summed E-state index contributed by atoms with van der Waals surface area (Å²) in [5.74, 6) is -3.01. The minimum absolute atomic E-state index is 0.154. The Hall–Kier alpha value is -1.83. The number of rotatable bonds is 0. The average Bonchev–Trinajstić information content (AvgIpc) is 2.87. The molecule has 2 heterocycles. The molecule has 3 N–H and O–H groups in total. The van der Waals surface area contributed by atoms with E-state index in [1.807, 2.05) is 25.7 Å². The first kappa shape index (κ1) is 17.2. The summed E-state index contributed by atoms with van der Waals surface area (Å²) in [7, 11) is 0. The highest BCUT2D eigenvalue weighted by Gasteiger charge is 2.41. The Morgan fingerprint density at radius 3 is 2.19 bits per heavy atom. The summed E-state index contributed by atoms with van der Waals surface area (Å²) in [5, 5.41) is 18.1. The third kappa shape index (κ3) is 5.22. The molecule has 0 radical (unpaired) electrons. The number of carbonyl (C=O) groups excluding carboxylic acids is 1. The molecule has 1 amide bonds. The Kier molecular flexibility index (Phi) is 5.54. The number of fused-ring (bicyclic) bond motifs is 1. The molecule has 8 heteroatoms. The molecule has 21 heavy (non-hydrogen) atoms. The van der Waals surface area contributed by atoms with E-state index in [1.54, 1.807) is 0 Å². The van der Waals surface area contributed by atoms with E-state index in [4.69, 9.17) is 24.5 Å². The Labute approximate surface area is 123 Å². The van der Waals surface area contributed by atoms with Crippen molar-refractivity contribution in [2.45, 2.75) is 38.8 Å². The molecule has 8 nitrogen and oxygen atoms in total. The third-order valence-electron chi connectivity index (χ3n) is 3.26. The van der Waals surface area contributed by atoms with Gasteiger partial charge < -0.3 is 25.2 Å². The van der Waals surface area contributed by atoms with Gasteiger partial charge in [0.25, 0.3) is 0 Å². The third-order valence-corrected chi connectivity index (χ3v) is 3.26. The summed E-state index contributed by atoms with van der Waals surface area (Å²) in [6, 6.07) is 0.361. The van der Waals surface area contributed by atoms with Crippen molar-refractivity contribution in [3.63, 3.8) is 0 Å². The molecule has 2 aliphatic heterocycles. The zero-order chi connectivity index (χ0) is 16.2. The maximum atomic E-state index is 11.9. The quantitative estimate of drug-likeness (QED) is 0.553. The predicted molar refractivity (Wildman–Crippen MR) is 73.0 cm³/mol. The number of aliphatic carboxylic acids is 2. The topological polar surface area (TPSA) is 116 Å². The van der Waals surface area contributed by atoms with Crippen molar-refractivity contribution in [2.75, 3.05) is 19.6 Å². The number of likely N-dealkylation sites (tertiary alicyclic amines) is 1. The predicted octanol–water partition coefficient (Wildman–Crippen LogP) is 0.371. The lowest BCUT2D eigenvalue weighted by Gasteiger charge is -2.27. The van der Waals surface area contributed by atoms with E-state index in [0.717, 1.165) is 26.1 Å². The lowest BCUT2D eigenvalue weighted by Crippen LogP contribution is -2.42. The van der Waals surface area contributed by atoms with E-state index in [9.17, 15) is 4.79 Å². The Morgan fingerprint density at radius 1 is 1.14 bits per heavy atom. The molecule has 0 saturated carbocycles. The molecule has 0 bridgehead atoms. The SMILES string of the molecule is CC(C)(C)OC(=O)N1CCC2CNCC21.O=C(O)C(=O)O. The zero-order valence-electron chi connectivity index (χ0n) is 12.5.